The number of hydrogen-bond acceptors (Lipinski definition) is 3. The summed E-state index contributed by atoms with van der Waals surface area (Å²) in [6.07, 6.45) is 3.96. The van der Waals surface area contributed by atoms with Gasteiger partial charge in [-0.15, -0.1) is 0 Å². The monoisotopic (exact) mass is 192 g/mol. The van der Waals surface area contributed by atoms with E-state index < -0.39 is 0 Å². The average Bonchev–Trinajstić information content (AvgIpc) is 2.65. The van der Waals surface area contributed by atoms with Crippen molar-refractivity contribution in [2.24, 2.45) is 0 Å². The lowest BCUT2D eigenvalue weighted by molar-refractivity contribution is -0.143. The molecule has 1 aliphatic heterocycles. The smallest absolute Gasteiger partial charge is 0.306 e. The van der Waals surface area contributed by atoms with Gasteiger partial charge in [0.25, 0.3) is 0 Å². The number of hydrogen-bond donors (Lipinski definition) is 0. The van der Waals surface area contributed by atoms with Crippen molar-refractivity contribution in [1.82, 2.24) is 0 Å². The van der Waals surface area contributed by atoms with Crippen LogP contribution in [0, 0.1) is 0 Å². The fourth-order valence-corrected chi connectivity index (χ4v) is 2.57. The molecule has 3 rings (SSSR count). The Hall–Kier alpha value is -1.25. The zero-order valence-corrected chi connectivity index (χ0v) is 8.08. The minimum Gasteiger partial charge on any atom is -0.469 e. The van der Waals surface area contributed by atoms with Crippen molar-refractivity contribution in [2.45, 2.75) is 37.2 Å². The molecule has 1 aromatic heterocycles. The van der Waals surface area contributed by atoms with Gasteiger partial charge in [-0.05, 0) is 25.5 Å². The van der Waals surface area contributed by atoms with E-state index in [1.54, 1.807) is 6.26 Å². The molecule has 1 spiro atoms. The van der Waals surface area contributed by atoms with Crippen LogP contribution in [0.5, 0.6) is 0 Å². The molecule has 0 amide bonds. The summed E-state index contributed by atoms with van der Waals surface area (Å²) in [6, 6.07) is 3.84. The van der Waals surface area contributed by atoms with E-state index in [0.29, 0.717) is 6.42 Å². The molecule has 0 radical (unpaired) electrons. The Kier molecular flexibility index (Phi) is 1.28. The second kappa shape index (κ2) is 2.22. The van der Waals surface area contributed by atoms with Gasteiger partial charge in [-0.1, -0.05) is 0 Å². The Morgan fingerprint density at radius 2 is 2.36 bits per heavy atom. The van der Waals surface area contributed by atoms with Gasteiger partial charge in [0.2, 0.25) is 0 Å². The van der Waals surface area contributed by atoms with Crippen LogP contribution in [-0.2, 0) is 14.9 Å². The first kappa shape index (κ1) is 8.09. The highest BCUT2D eigenvalue weighted by atomic mass is 16.6. The number of rotatable bonds is 1. The molecule has 1 saturated carbocycles. The van der Waals surface area contributed by atoms with Gasteiger partial charge in [-0.25, -0.2) is 0 Å². The van der Waals surface area contributed by atoms with E-state index in [1.807, 2.05) is 12.1 Å². The molecule has 1 saturated heterocycles. The summed E-state index contributed by atoms with van der Waals surface area (Å²) in [4.78, 5) is 11.1. The van der Waals surface area contributed by atoms with Crippen molar-refractivity contribution >= 4 is 5.97 Å². The van der Waals surface area contributed by atoms with E-state index >= 15 is 0 Å². The van der Waals surface area contributed by atoms with E-state index in [1.165, 1.54) is 0 Å². The quantitative estimate of drug-likeness (QED) is 0.639. The maximum Gasteiger partial charge on any atom is 0.306 e. The van der Waals surface area contributed by atoms with E-state index in [9.17, 15) is 4.79 Å². The predicted molar refractivity (Wildman–Crippen MR) is 48.7 cm³/mol. The molecular weight excluding hydrogens is 180 g/mol. The highest BCUT2D eigenvalue weighted by molar-refractivity contribution is 5.74. The molecular formula is C11H12O3. The minimum absolute atomic E-state index is 0.0692. The van der Waals surface area contributed by atoms with Gasteiger partial charge in [0.1, 0.15) is 11.4 Å². The number of furan rings is 1. The summed E-state index contributed by atoms with van der Waals surface area (Å²) in [5.41, 5.74) is -0.329. The van der Waals surface area contributed by atoms with Gasteiger partial charge in [0.05, 0.1) is 11.7 Å². The molecule has 0 bridgehead atoms. The molecule has 3 heteroatoms. The SMILES string of the molecule is C[C@]1(c2ccco2)C[C@@]12CCC(=O)O2. The number of esters is 1. The van der Waals surface area contributed by atoms with Gasteiger partial charge >= 0.3 is 5.97 Å². The van der Waals surface area contributed by atoms with Crippen LogP contribution in [-0.4, -0.2) is 11.6 Å². The highest BCUT2D eigenvalue weighted by Gasteiger charge is 2.71. The molecule has 2 aliphatic rings. The maximum absolute atomic E-state index is 11.1. The zero-order valence-electron chi connectivity index (χ0n) is 8.08. The Labute approximate surface area is 82.0 Å². The van der Waals surface area contributed by atoms with Crippen molar-refractivity contribution in [3.05, 3.63) is 24.2 Å². The van der Waals surface area contributed by atoms with Gasteiger partial charge < -0.3 is 9.15 Å². The van der Waals surface area contributed by atoms with E-state index in [0.717, 1.165) is 18.6 Å². The van der Waals surface area contributed by atoms with Crippen LogP contribution in [0.2, 0.25) is 0 Å². The van der Waals surface area contributed by atoms with Crippen LogP contribution in [0.3, 0.4) is 0 Å². The molecule has 2 atom stereocenters. The van der Waals surface area contributed by atoms with E-state index in [-0.39, 0.29) is 17.0 Å². The Morgan fingerprint density at radius 1 is 1.50 bits per heavy atom. The summed E-state index contributed by atoms with van der Waals surface area (Å²) < 4.78 is 10.8. The Morgan fingerprint density at radius 3 is 2.93 bits per heavy atom. The van der Waals surface area contributed by atoms with Crippen LogP contribution in [0.25, 0.3) is 0 Å². The van der Waals surface area contributed by atoms with Crippen molar-refractivity contribution in [2.75, 3.05) is 0 Å². The minimum atomic E-state index is -0.248. The second-order valence-electron chi connectivity index (χ2n) is 4.45. The third-order valence-electron chi connectivity index (χ3n) is 3.63. The molecule has 74 valence electrons. The molecule has 0 aromatic carbocycles. The molecule has 0 unspecified atom stereocenters. The normalized spacial score (nSPS) is 40.2. The van der Waals surface area contributed by atoms with Crippen molar-refractivity contribution in [1.29, 1.82) is 0 Å². The lowest BCUT2D eigenvalue weighted by atomic mass is 9.99. The van der Waals surface area contributed by atoms with Crippen LogP contribution in [0.4, 0.5) is 0 Å². The summed E-state index contributed by atoms with van der Waals surface area (Å²) in [5.74, 6) is 0.868. The van der Waals surface area contributed by atoms with E-state index in [2.05, 4.69) is 6.92 Å². The maximum atomic E-state index is 11.1. The number of carbonyl (C=O) groups is 1. The molecule has 0 N–H and O–H groups in total. The summed E-state index contributed by atoms with van der Waals surface area (Å²) in [7, 11) is 0. The first-order chi connectivity index (χ1) is 6.66. The number of carbonyl (C=O) groups excluding carboxylic acids is 1. The lowest BCUT2D eigenvalue weighted by Crippen LogP contribution is -2.20. The summed E-state index contributed by atoms with van der Waals surface area (Å²) in [5, 5.41) is 0. The van der Waals surface area contributed by atoms with Crippen molar-refractivity contribution in [3.8, 4) is 0 Å². The number of ether oxygens (including phenoxy) is 1. The van der Waals surface area contributed by atoms with Crippen LogP contribution >= 0.6 is 0 Å². The van der Waals surface area contributed by atoms with E-state index in [4.69, 9.17) is 9.15 Å². The van der Waals surface area contributed by atoms with Crippen molar-refractivity contribution in [3.63, 3.8) is 0 Å². The van der Waals surface area contributed by atoms with Crippen molar-refractivity contribution < 1.29 is 13.9 Å². The molecule has 14 heavy (non-hydrogen) atoms. The molecule has 2 fully saturated rings. The molecule has 2 heterocycles. The Balaban J connectivity index is 1.93. The predicted octanol–water partition coefficient (Wildman–Crippen LogP) is 2.02. The zero-order chi connectivity index (χ0) is 9.81. The average molecular weight is 192 g/mol. The van der Waals surface area contributed by atoms with Crippen LogP contribution < -0.4 is 0 Å². The topological polar surface area (TPSA) is 39.4 Å². The fraction of sp³-hybridized carbons (Fsp3) is 0.545. The highest BCUT2D eigenvalue weighted by Crippen LogP contribution is 2.64. The fourth-order valence-electron chi connectivity index (χ4n) is 2.57. The van der Waals surface area contributed by atoms with Crippen LogP contribution in [0.15, 0.2) is 22.8 Å². The van der Waals surface area contributed by atoms with Gasteiger partial charge in [-0.3, -0.25) is 4.79 Å². The first-order valence-corrected chi connectivity index (χ1v) is 4.92. The molecule has 1 aromatic rings. The third-order valence-corrected chi connectivity index (χ3v) is 3.63. The molecule has 1 aliphatic carbocycles. The summed E-state index contributed by atoms with van der Waals surface area (Å²) >= 11 is 0. The standard InChI is InChI=1S/C11H12O3/c1-10(8-3-2-6-13-8)7-11(10)5-4-9(12)14-11/h2-3,6H,4-5,7H2,1H3/t10-,11+/m1/s1. The Bertz CT molecular complexity index is 381. The lowest BCUT2D eigenvalue weighted by Gasteiger charge is -2.14. The molecule has 3 nitrogen and oxygen atoms in total. The van der Waals surface area contributed by atoms with Crippen LogP contribution in [0.1, 0.15) is 31.9 Å². The van der Waals surface area contributed by atoms with Gasteiger partial charge in [0, 0.05) is 12.8 Å². The summed E-state index contributed by atoms with van der Waals surface area (Å²) in [6.45, 7) is 2.10. The largest absolute Gasteiger partial charge is 0.469 e. The second-order valence-corrected chi connectivity index (χ2v) is 4.45. The first-order valence-electron chi connectivity index (χ1n) is 4.92. The third kappa shape index (κ3) is 0.800. The van der Waals surface area contributed by atoms with Gasteiger partial charge in [0.15, 0.2) is 0 Å². The van der Waals surface area contributed by atoms with Gasteiger partial charge in [-0.2, -0.15) is 0 Å².